The number of benzene rings is 2. The van der Waals surface area contributed by atoms with Crippen molar-refractivity contribution in [1.29, 1.82) is 0 Å². The lowest BCUT2D eigenvalue weighted by Gasteiger charge is -2.06. The summed E-state index contributed by atoms with van der Waals surface area (Å²) in [7, 11) is 0. The molecule has 2 rings (SSSR count). The largest absolute Gasteiger partial charge is 0.246 e. The zero-order valence-corrected chi connectivity index (χ0v) is 11.7. The smallest absolute Gasteiger partial charge is 0.0966 e. The fraction of sp³-hybridized carbons (Fsp3) is 0.0667. The van der Waals surface area contributed by atoms with Crippen LogP contribution in [0.25, 0.3) is 0 Å². The van der Waals surface area contributed by atoms with E-state index in [9.17, 15) is 0 Å². The Labute approximate surface area is 117 Å². The molecule has 3 heteroatoms. The fourth-order valence-electron chi connectivity index (χ4n) is 1.55. The fourth-order valence-corrected chi connectivity index (χ4v) is 2.07. The molecule has 0 saturated heterocycles. The highest BCUT2D eigenvalue weighted by molar-refractivity contribution is 8.24. The van der Waals surface area contributed by atoms with Gasteiger partial charge in [0.05, 0.1) is 15.6 Å². The van der Waals surface area contributed by atoms with Crippen LogP contribution in [0, 0.1) is 0 Å². The predicted molar refractivity (Wildman–Crippen MR) is 85.2 cm³/mol. The molecular formula is C15H13NS2. The second-order valence-corrected chi connectivity index (χ2v) is 5.14. The van der Waals surface area contributed by atoms with E-state index < -0.39 is 0 Å². The van der Waals surface area contributed by atoms with Gasteiger partial charge in [-0.1, -0.05) is 60.7 Å². The van der Waals surface area contributed by atoms with Gasteiger partial charge in [-0.2, -0.15) is 0 Å². The Morgan fingerprint density at radius 3 is 2.06 bits per heavy atom. The standard InChI is InChI=1S/C15H13NS2/c1-18-15(17)14(12-8-4-2-5-9-12)16-13-10-6-3-7-11-13/h2-11H,1H3. The van der Waals surface area contributed by atoms with Crippen molar-refractivity contribution in [3.8, 4) is 0 Å². The van der Waals surface area contributed by atoms with Crippen LogP contribution in [-0.2, 0) is 0 Å². The van der Waals surface area contributed by atoms with Gasteiger partial charge in [0.2, 0.25) is 0 Å². The van der Waals surface area contributed by atoms with Crippen LogP contribution in [0.4, 0.5) is 5.69 Å². The van der Waals surface area contributed by atoms with E-state index in [1.165, 1.54) is 0 Å². The number of thioether (sulfide) groups is 1. The molecular weight excluding hydrogens is 258 g/mol. The first-order valence-electron chi connectivity index (χ1n) is 5.59. The van der Waals surface area contributed by atoms with Gasteiger partial charge >= 0.3 is 0 Å². The Hall–Kier alpha value is -1.45. The minimum absolute atomic E-state index is 0.810. The first-order chi connectivity index (χ1) is 8.81. The molecule has 0 bridgehead atoms. The number of nitrogens with zero attached hydrogens (tertiary/aromatic N) is 1. The minimum atomic E-state index is 0.810. The van der Waals surface area contributed by atoms with Crippen molar-refractivity contribution >= 4 is 39.6 Å². The topological polar surface area (TPSA) is 12.4 Å². The van der Waals surface area contributed by atoms with Crippen LogP contribution >= 0.6 is 24.0 Å². The molecule has 90 valence electrons. The number of para-hydroxylation sites is 1. The average molecular weight is 271 g/mol. The van der Waals surface area contributed by atoms with E-state index in [0.717, 1.165) is 21.2 Å². The van der Waals surface area contributed by atoms with Crippen LogP contribution in [0.3, 0.4) is 0 Å². The van der Waals surface area contributed by atoms with Crippen LogP contribution in [0.2, 0.25) is 0 Å². The molecule has 0 spiro atoms. The first kappa shape index (κ1) is 13.0. The summed E-state index contributed by atoms with van der Waals surface area (Å²) in [5.41, 5.74) is 2.85. The maximum absolute atomic E-state index is 5.39. The minimum Gasteiger partial charge on any atom is -0.246 e. The maximum Gasteiger partial charge on any atom is 0.0966 e. The Balaban J connectivity index is 2.44. The summed E-state index contributed by atoms with van der Waals surface area (Å²) in [6, 6.07) is 19.9. The van der Waals surface area contributed by atoms with Crippen molar-refractivity contribution in [1.82, 2.24) is 0 Å². The molecule has 0 fully saturated rings. The monoisotopic (exact) mass is 271 g/mol. The second kappa shape index (κ2) is 6.47. The van der Waals surface area contributed by atoms with Crippen molar-refractivity contribution in [2.24, 2.45) is 4.99 Å². The van der Waals surface area contributed by atoms with Crippen molar-refractivity contribution in [3.05, 3.63) is 66.2 Å². The molecule has 1 nitrogen and oxygen atoms in total. The number of aliphatic imine (C=N–C) groups is 1. The lowest BCUT2D eigenvalue weighted by atomic mass is 10.1. The zero-order chi connectivity index (χ0) is 12.8. The third-order valence-electron chi connectivity index (χ3n) is 2.42. The normalized spacial score (nSPS) is 11.3. The van der Waals surface area contributed by atoms with Gasteiger partial charge in [-0.05, 0) is 18.4 Å². The van der Waals surface area contributed by atoms with Gasteiger partial charge in [-0.15, -0.1) is 11.8 Å². The highest BCUT2D eigenvalue weighted by Crippen LogP contribution is 2.17. The highest BCUT2D eigenvalue weighted by Gasteiger charge is 2.08. The molecule has 2 aromatic carbocycles. The number of rotatable bonds is 3. The second-order valence-electron chi connectivity index (χ2n) is 3.65. The Morgan fingerprint density at radius 2 is 1.50 bits per heavy atom. The maximum atomic E-state index is 5.39. The van der Waals surface area contributed by atoms with E-state index >= 15 is 0 Å². The lowest BCUT2D eigenvalue weighted by molar-refractivity contribution is 1.51. The SMILES string of the molecule is CSC(=S)C(=Nc1ccccc1)c1ccccc1. The number of hydrogen-bond acceptors (Lipinski definition) is 3. The number of hydrogen-bond donors (Lipinski definition) is 0. The van der Waals surface area contributed by atoms with Crippen LogP contribution in [0.5, 0.6) is 0 Å². The summed E-state index contributed by atoms with van der Waals surface area (Å²) in [4.78, 5) is 4.65. The van der Waals surface area contributed by atoms with E-state index in [1.807, 2.05) is 66.9 Å². The first-order valence-corrected chi connectivity index (χ1v) is 7.22. The van der Waals surface area contributed by atoms with Gasteiger partial charge in [-0.25, -0.2) is 4.99 Å². The predicted octanol–water partition coefficient (Wildman–Crippen LogP) is 4.50. The molecule has 18 heavy (non-hydrogen) atoms. The molecule has 2 aromatic rings. The van der Waals surface area contributed by atoms with E-state index in [0.29, 0.717) is 0 Å². The van der Waals surface area contributed by atoms with Crippen molar-refractivity contribution in [2.75, 3.05) is 6.26 Å². The van der Waals surface area contributed by atoms with Gasteiger partial charge in [0.15, 0.2) is 0 Å². The van der Waals surface area contributed by atoms with Gasteiger partial charge in [0.1, 0.15) is 0 Å². The third-order valence-corrected chi connectivity index (χ3v) is 3.68. The molecule has 0 atom stereocenters. The van der Waals surface area contributed by atoms with Gasteiger partial charge in [-0.3, -0.25) is 0 Å². The van der Waals surface area contributed by atoms with E-state index in [-0.39, 0.29) is 0 Å². The lowest BCUT2D eigenvalue weighted by Crippen LogP contribution is -2.09. The van der Waals surface area contributed by atoms with E-state index in [2.05, 4.69) is 4.99 Å². The summed E-state index contributed by atoms with van der Waals surface area (Å²) in [6.07, 6.45) is 1.98. The molecule has 0 radical (unpaired) electrons. The van der Waals surface area contributed by atoms with Crippen LogP contribution in [-0.4, -0.2) is 16.2 Å². The average Bonchev–Trinajstić information content (AvgIpc) is 2.46. The van der Waals surface area contributed by atoms with E-state index in [4.69, 9.17) is 12.2 Å². The molecule has 0 N–H and O–H groups in total. The summed E-state index contributed by atoms with van der Waals surface area (Å²) in [5, 5.41) is 0. The Bertz CT molecular complexity index is 547. The zero-order valence-electron chi connectivity index (χ0n) is 10.0. The molecule has 0 aliphatic rings. The van der Waals surface area contributed by atoms with Crippen molar-refractivity contribution in [3.63, 3.8) is 0 Å². The van der Waals surface area contributed by atoms with Crippen molar-refractivity contribution in [2.45, 2.75) is 0 Å². The molecule has 0 aromatic heterocycles. The summed E-state index contributed by atoms with van der Waals surface area (Å²) in [5.74, 6) is 0. The summed E-state index contributed by atoms with van der Waals surface area (Å²) >= 11 is 6.94. The van der Waals surface area contributed by atoms with E-state index in [1.54, 1.807) is 11.8 Å². The van der Waals surface area contributed by atoms with Gasteiger partial charge < -0.3 is 0 Å². The van der Waals surface area contributed by atoms with Crippen LogP contribution in [0.1, 0.15) is 5.56 Å². The van der Waals surface area contributed by atoms with Gasteiger partial charge in [0, 0.05) is 5.56 Å². The molecule has 0 saturated carbocycles. The Kier molecular flexibility index (Phi) is 4.67. The molecule has 0 aliphatic carbocycles. The highest BCUT2D eigenvalue weighted by atomic mass is 32.2. The number of thiocarbonyl (C=S) groups is 1. The van der Waals surface area contributed by atoms with Crippen LogP contribution in [0.15, 0.2) is 65.7 Å². The van der Waals surface area contributed by atoms with Crippen molar-refractivity contribution < 1.29 is 0 Å². The molecule has 0 amide bonds. The quantitative estimate of drug-likeness (QED) is 0.602. The molecule has 0 unspecified atom stereocenters. The molecule has 0 aliphatic heterocycles. The summed E-state index contributed by atoms with van der Waals surface area (Å²) in [6.45, 7) is 0. The molecule has 0 heterocycles. The van der Waals surface area contributed by atoms with Crippen LogP contribution < -0.4 is 0 Å². The summed E-state index contributed by atoms with van der Waals surface area (Å²) < 4.78 is 0.810. The van der Waals surface area contributed by atoms with Gasteiger partial charge in [0.25, 0.3) is 0 Å². The third kappa shape index (κ3) is 3.28. The Morgan fingerprint density at radius 1 is 0.944 bits per heavy atom.